The van der Waals surface area contributed by atoms with Gasteiger partial charge in [0.25, 0.3) is 0 Å². The number of Topliss-reactive ketones (excluding diaryl/α,β-unsaturated/α-hetero) is 1. The summed E-state index contributed by atoms with van der Waals surface area (Å²) in [4.78, 5) is 15.4. The van der Waals surface area contributed by atoms with Crippen LogP contribution in [0.4, 0.5) is 0 Å². The van der Waals surface area contributed by atoms with Gasteiger partial charge >= 0.3 is 0 Å². The molecule has 0 aliphatic heterocycles. The van der Waals surface area contributed by atoms with Crippen molar-refractivity contribution < 1.29 is 4.79 Å². The fourth-order valence-electron chi connectivity index (χ4n) is 19.4. The molecule has 4 aliphatic rings. The van der Waals surface area contributed by atoms with Crippen molar-refractivity contribution in [2.75, 3.05) is 0 Å². The van der Waals surface area contributed by atoms with Crippen molar-refractivity contribution >= 4 is 82.0 Å². The zero-order valence-electron chi connectivity index (χ0n) is 54.0. The molecule has 9 aromatic carbocycles. The molecular formula is C85H83N3O. The van der Waals surface area contributed by atoms with Crippen molar-refractivity contribution in [3.63, 3.8) is 0 Å². The molecular weight excluding hydrogens is 1080 g/mol. The smallest absolute Gasteiger partial charge is 0.169 e. The number of nitriles is 1. The van der Waals surface area contributed by atoms with Crippen LogP contribution in [0, 0.1) is 22.7 Å². The molecule has 89 heavy (non-hydrogen) atoms. The van der Waals surface area contributed by atoms with E-state index in [0.29, 0.717) is 11.7 Å². The third-order valence-electron chi connectivity index (χ3n) is 25.3. The molecule has 0 unspecified atom stereocenters. The molecule has 4 aliphatic carbocycles. The highest BCUT2D eigenvalue weighted by Crippen LogP contribution is 2.61. The van der Waals surface area contributed by atoms with Crippen LogP contribution in [-0.2, 0) is 21.7 Å². The number of ketones is 1. The summed E-state index contributed by atoms with van der Waals surface area (Å²) >= 11 is 0. The second-order valence-electron chi connectivity index (χ2n) is 28.6. The van der Waals surface area contributed by atoms with Crippen molar-refractivity contribution in [3.05, 3.63) is 191 Å². The Balaban J connectivity index is 1.12. The highest BCUT2D eigenvalue weighted by Gasteiger charge is 2.53. The van der Waals surface area contributed by atoms with Crippen LogP contribution >= 0.6 is 0 Å². The lowest BCUT2D eigenvalue weighted by Gasteiger charge is -2.48. The van der Waals surface area contributed by atoms with E-state index in [1.54, 1.807) is 0 Å². The van der Waals surface area contributed by atoms with Gasteiger partial charge in [0.15, 0.2) is 5.78 Å². The van der Waals surface area contributed by atoms with Crippen LogP contribution in [0.3, 0.4) is 0 Å². The highest BCUT2D eigenvalue weighted by atomic mass is 16.1. The van der Waals surface area contributed by atoms with Gasteiger partial charge in [-0.15, -0.1) is 0 Å². The van der Waals surface area contributed by atoms with E-state index in [1.807, 2.05) is 0 Å². The van der Waals surface area contributed by atoms with Crippen LogP contribution < -0.4 is 0 Å². The first kappa shape index (κ1) is 56.0. The van der Waals surface area contributed by atoms with Crippen LogP contribution in [0.1, 0.15) is 191 Å². The summed E-state index contributed by atoms with van der Waals surface area (Å²) in [6.07, 6.45) is 13.3. The number of benzene rings is 9. The summed E-state index contributed by atoms with van der Waals surface area (Å²) in [6.45, 7) is 23.8. The lowest BCUT2D eigenvalue weighted by atomic mass is 9.55. The maximum atomic E-state index is 15.4. The molecule has 2 bridgehead atoms. The summed E-state index contributed by atoms with van der Waals surface area (Å²) in [5.41, 5.74) is 23.2. The molecule has 0 atom stereocenters. The highest BCUT2D eigenvalue weighted by molar-refractivity contribution is 6.31. The van der Waals surface area contributed by atoms with Crippen molar-refractivity contribution in [1.82, 2.24) is 8.80 Å². The fraction of sp³-hybridized carbons (Fsp3) is 0.341. The summed E-state index contributed by atoms with van der Waals surface area (Å²) in [5, 5.41) is 21.9. The van der Waals surface area contributed by atoms with Crippen LogP contribution in [-0.4, -0.2) is 14.6 Å². The molecule has 0 amide bonds. The minimum absolute atomic E-state index is 0.00262. The van der Waals surface area contributed by atoms with E-state index in [-0.39, 0.29) is 27.1 Å². The largest absolute Gasteiger partial charge is 0.308 e. The summed E-state index contributed by atoms with van der Waals surface area (Å²) in [6, 6.07) is 63.4. The Labute approximate surface area is 525 Å². The average molecular weight is 1160 g/mol. The van der Waals surface area contributed by atoms with Crippen LogP contribution in [0.5, 0.6) is 0 Å². The normalized spacial score (nSPS) is 19.1. The van der Waals surface area contributed by atoms with Crippen LogP contribution in [0.2, 0.25) is 0 Å². The molecule has 1 saturated carbocycles. The van der Waals surface area contributed by atoms with Crippen LogP contribution in [0.15, 0.2) is 158 Å². The van der Waals surface area contributed by atoms with E-state index in [9.17, 15) is 5.26 Å². The van der Waals surface area contributed by atoms with Crippen molar-refractivity contribution in [2.24, 2.45) is 11.3 Å². The predicted molar refractivity (Wildman–Crippen MR) is 376 cm³/mol. The average Bonchev–Trinajstić information content (AvgIpc) is 1.50. The van der Waals surface area contributed by atoms with E-state index in [4.69, 9.17) is 0 Å². The first-order valence-corrected chi connectivity index (χ1v) is 34.1. The Morgan fingerprint density at radius 1 is 0.472 bits per heavy atom. The maximum Gasteiger partial charge on any atom is 0.169 e. The Kier molecular flexibility index (Phi) is 12.5. The number of hydrogen-bond donors (Lipinski definition) is 0. The molecule has 0 spiro atoms. The molecule has 13 aromatic rings. The van der Waals surface area contributed by atoms with Gasteiger partial charge in [0.1, 0.15) is 0 Å². The van der Waals surface area contributed by atoms with Crippen molar-refractivity contribution in [3.8, 4) is 50.6 Å². The van der Waals surface area contributed by atoms with E-state index in [0.717, 1.165) is 106 Å². The lowest BCUT2D eigenvalue weighted by Crippen LogP contribution is -2.40. The summed E-state index contributed by atoms with van der Waals surface area (Å²) in [5.74, 6) is 0.739. The number of carbonyl (C=O) groups is 1. The van der Waals surface area contributed by atoms with Crippen molar-refractivity contribution in [1.29, 1.82) is 5.26 Å². The van der Waals surface area contributed by atoms with Gasteiger partial charge in [-0.3, -0.25) is 4.79 Å². The van der Waals surface area contributed by atoms with E-state index >= 15 is 4.79 Å². The fourth-order valence-corrected chi connectivity index (χ4v) is 19.4. The molecule has 4 heteroatoms. The quantitative estimate of drug-likeness (QED) is 0.116. The molecule has 4 nitrogen and oxygen atoms in total. The molecule has 4 heterocycles. The number of fused-ring (bicyclic) bond motifs is 16. The molecule has 4 aromatic heterocycles. The minimum Gasteiger partial charge on any atom is -0.308 e. The Morgan fingerprint density at radius 3 is 1.46 bits per heavy atom. The topological polar surface area (TPSA) is 49.7 Å². The molecule has 0 N–H and O–H groups in total. The van der Waals surface area contributed by atoms with Crippen molar-refractivity contribution in [2.45, 2.75) is 174 Å². The first-order valence-electron chi connectivity index (χ1n) is 34.1. The number of carbonyl (C=O) groups excluding carboxylic acids is 1. The Morgan fingerprint density at radius 2 is 0.944 bits per heavy atom. The molecule has 1 fully saturated rings. The van der Waals surface area contributed by atoms with Crippen LogP contribution in [0.25, 0.3) is 121 Å². The summed E-state index contributed by atoms with van der Waals surface area (Å²) in [7, 11) is 0. The summed E-state index contributed by atoms with van der Waals surface area (Å²) < 4.78 is 5.20. The molecule has 444 valence electrons. The number of nitrogens with zero attached hydrogens (tertiary/aromatic N) is 3. The predicted octanol–water partition coefficient (Wildman–Crippen LogP) is 23.6. The van der Waals surface area contributed by atoms with Gasteiger partial charge < -0.3 is 8.80 Å². The maximum absolute atomic E-state index is 15.4. The zero-order valence-corrected chi connectivity index (χ0v) is 54.0. The van der Waals surface area contributed by atoms with Gasteiger partial charge in [0, 0.05) is 54.1 Å². The third kappa shape index (κ3) is 7.37. The lowest BCUT2D eigenvalue weighted by molar-refractivity contribution is 0.0688. The van der Waals surface area contributed by atoms with E-state index in [2.05, 4.69) is 242 Å². The second kappa shape index (κ2) is 19.9. The first-order chi connectivity index (χ1) is 43.2. The van der Waals surface area contributed by atoms with E-state index in [1.165, 1.54) is 132 Å². The van der Waals surface area contributed by atoms with Gasteiger partial charge in [-0.05, 0) is 245 Å². The third-order valence-corrected chi connectivity index (χ3v) is 25.3. The number of hydrogen-bond acceptors (Lipinski definition) is 2. The second-order valence-corrected chi connectivity index (χ2v) is 28.6. The van der Waals surface area contributed by atoms with Gasteiger partial charge in [-0.2, -0.15) is 5.26 Å². The molecule has 0 radical (unpaired) electrons. The molecule has 0 saturated heterocycles. The Bertz CT molecular complexity index is 5010. The van der Waals surface area contributed by atoms with E-state index < -0.39 is 0 Å². The van der Waals surface area contributed by atoms with Gasteiger partial charge in [-0.25, -0.2) is 0 Å². The number of aromatic nitrogens is 2. The van der Waals surface area contributed by atoms with Gasteiger partial charge in [-0.1, -0.05) is 160 Å². The Hall–Kier alpha value is -8.26. The minimum atomic E-state index is -0.364. The standard InChI is InChI=1S/C85H83N3O/c1-11-82(12-2,13-3)58-44-65-61-46-69-67(80(89)81(10)33-37-85(69,38-34-81)51(8)9)49-72(61)87-70-47-62-64-41-56(74-59(53-29-23-19-24-30-53)39-55(52-27-21-18-22-28-52)40-60(74)54-31-25-20-26-32-54)42-68-75-73(88(79(64)68)71(62)48-63(70)66(45-58)78(65)87)43-57(50-86)76-77(75)84(16-6,17-7)36-35-83(76,14-4)15-5/h18-32,39-49,51H,11-17,33-38H2,1-10H3. The van der Waals surface area contributed by atoms with Gasteiger partial charge in [0.2, 0.25) is 0 Å². The zero-order chi connectivity index (χ0) is 61.3. The van der Waals surface area contributed by atoms with Gasteiger partial charge in [0.05, 0.1) is 44.7 Å². The molecule has 17 rings (SSSR count). The number of rotatable bonds is 13. The monoisotopic (exact) mass is 1160 g/mol. The SMILES string of the molecule is CCC(CC)(CC)c1cc2c3cc4c(cc3n3c5cc6c7cc(-c8c(-c9ccccc9)cc(-c9ccccc9)cc8-c8ccccc8)cc8c9c%10c(c(C#N)cc9n(c6cc5c(c1)c23)c78)C(CC)(CC)CCC%10(CC)CC)C(=O)C1(C)CCC4(C(C)C)CC1.